The van der Waals surface area contributed by atoms with Gasteiger partial charge in [0.1, 0.15) is 5.76 Å². The van der Waals surface area contributed by atoms with Crippen LogP contribution < -0.4 is 15.5 Å². The van der Waals surface area contributed by atoms with Gasteiger partial charge in [0.2, 0.25) is 5.89 Å². The molecule has 132 valence electrons. The minimum atomic E-state index is 0.508. The number of hydrogen-bond donors (Lipinski definition) is 2. The van der Waals surface area contributed by atoms with Crippen LogP contribution in [0.2, 0.25) is 0 Å². The van der Waals surface area contributed by atoms with Crippen LogP contribution in [-0.2, 0) is 13.1 Å². The van der Waals surface area contributed by atoms with Crippen LogP contribution in [0.5, 0.6) is 0 Å². The lowest BCUT2D eigenvalue weighted by Gasteiger charge is -2.19. The Bertz CT molecular complexity index is 750. The van der Waals surface area contributed by atoms with Crippen LogP contribution >= 0.6 is 0 Å². The second-order valence-electron chi connectivity index (χ2n) is 6.07. The first-order valence-corrected chi connectivity index (χ1v) is 8.52. The first kappa shape index (κ1) is 17.1. The van der Waals surface area contributed by atoms with Crippen molar-refractivity contribution in [2.75, 3.05) is 25.0 Å². The van der Waals surface area contributed by atoms with Crippen LogP contribution in [0.4, 0.5) is 5.69 Å². The van der Waals surface area contributed by atoms with Gasteiger partial charge >= 0.3 is 0 Å². The normalized spacial score (nSPS) is 14.2. The van der Waals surface area contributed by atoms with E-state index >= 15 is 0 Å². The predicted molar refractivity (Wildman–Crippen MR) is 101 cm³/mol. The van der Waals surface area contributed by atoms with E-state index in [4.69, 9.17) is 4.42 Å². The summed E-state index contributed by atoms with van der Waals surface area (Å²) in [6.07, 6.45) is 4.39. The molecule has 0 amide bonds. The molecule has 1 aromatic heterocycles. The number of aliphatic imine (C=N–C) groups is 1. The van der Waals surface area contributed by atoms with E-state index in [9.17, 15) is 0 Å². The third kappa shape index (κ3) is 4.41. The van der Waals surface area contributed by atoms with E-state index in [0.717, 1.165) is 30.5 Å². The molecule has 0 aliphatic carbocycles. The average molecular weight is 339 g/mol. The van der Waals surface area contributed by atoms with Crippen molar-refractivity contribution in [2.24, 2.45) is 4.99 Å². The quantitative estimate of drug-likeness (QED) is 0.498. The third-order valence-electron chi connectivity index (χ3n) is 4.26. The number of rotatable bonds is 5. The Kier molecular flexibility index (Phi) is 5.38. The van der Waals surface area contributed by atoms with E-state index in [1.807, 2.05) is 13.8 Å². The summed E-state index contributed by atoms with van der Waals surface area (Å²) >= 11 is 0. The number of nitrogens with zero attached hydrogens (tertiary/aromatic N) is 3. The second kappa shape index (κ2) is 7.88. The van der Waals surface area contributed by atoms with Gasteiger partial charge in [0, 0.05) is 32.4 Å². The zero-order valence-corrected chi connectivity index (χ0v) is 15.0. The molecule has 0 saturated carbocycles. The Balaban J connectivity index is 1.53. The van der Waals surface area contributed by atoms with E-state index in [0.29, 0.717) is 19.0 Å². The lowest BCUT2D eigenvalue weighted by Crippen LogP contribution is -2.36. The van der Waals surface area contributed by atoms with Crippen LogP contribution in [0, 0.1) is 13.8 Å². The van der Waals surface area contributed by atoms with Crippen LogP contribution in [0.25, 0.3) is 0 Å². The topological polar surface area (TPSA) is 65.7 Å². The molecule has 2 heterocycles. The molecule has 1 aliphatic heterocycles. The summed E-state index contributed by atoms with van der Waals surface area (Å²) in [5.74, 6) is 2.25. The second-order valence-corrected chi connectivity index (χ2v) is 6.07. The number of guanidine groups is 1. The van der Waals surface area contributed by atoms with Crippen molar-refractivity contribution in [3.63, 3.8) is 0 Å². The Morgan fingerprint density at radius 1 is 1.20 bits per heavy atom. The SMILES string of the molecule is CN=C(NCc1cccc(N2CC=CC2)c1)NCc1nc(C)c(C)o1. The Labute approximate surface area is 148 Å². The highest BCUT2D eigenvalue weighted by Gasteiger charge is 2.09. The van der Waals surface area contributed by atoms with Gasteiger partial charge < -0.3 is 20.0 Å². The number of benzene rings is 1. The Morgan fingerprint density at radius 3 is 2.64 bits per heavy atom. The number of oxazole rings is 1. The van der Waals surface area contributed by atoms with Crippen LogP contribution in [0.3, 0.4) is 0 Å². The maximum absolute atomic E-state index is 5.58. The highest BCUT2D eigenvalue weighted by atomic mass is 16.4. The van der Waals surface area contributed by atoms with Gasteiger partial charge in [-0.25, -0.2) is 4.98 Å². The summed E-state index contributed by atoms with van der Waals surface area (Å²) in [7, 11) is 1.76. The first-order chi connectivity index (χ1) is 12.2. The summed E-state index contributed by atoms with van der Waals surface area (Å²) in [5.41, 5.74) is 3.39. The van der Waals surface area contributed by atoms with Crippen LogP contribution in [0.15, 0.2) is 45.8 Å². The van der Waals surface area contributed by atoms with E-state index in [-0.39, 0.29) is 0 Å². The molecule has 1 aliphatic rings. The number of aryl methyl sites for hydroxylation is 2. The monoisotopic (exact) mass is 339 g/mol. The molecule has 2 aromatic rings. The van der Waals surface area contributed by atoms with E-state index in [1.165, 1.54) is 11.3 Å². The predicted octanol–water partition coefficient (Wildman–Crippen LogP) is 2.53. The van der Waals surface area contributed by atoms with E-state index < -0.39 is 0 Å². The summed E-state index contributed by atoms with van der Waals surface area (Å²) in [6, 6.07) is 8.58. The minimum Gasteiger partial charge on any atom is -0.444 e. The highest BCUT2D eigenvalue weighted by Crippen LogP contribution is 2.18. The van der Waals surface area contributed by atoms with E-state index in [2.05, 4.69) is 61.9 Å². The lowest BCUT2D eigenvalue weighted by molar-refractivity contribution is 0.463. The van der Waals surface area contributed by atoms with Gasteiger partial charge in [-0.3, -0.25) is 4.99 Å². The van der Waals surface area contributed by atoms with Crippen molar-refractivity contribution in [3.8, 4) is 0 Å². The van der Waals surface area contributed by atoms with Crippen molar-refractivity contribution >= 4 is 11.6 Å². The molecule has 0 fully saturated rings. The Morgan fingerprint density at radius 2 is 1.96 bits per heavy atom. The van der Waals surface area contributed by atoms with Crippen LogP contribution in [-0.4, -0.2) is 31.1 Å². The van der Waals surface area contributed by atoms with E-state index in [1.54, 1.807) is 7.05 Å². The molecule has 2 N–H and O–H groups in total. The standard InChI is InChI=1S/C19H25N5O/c1-14-15(2)25-18(23-14)13-22-19(20-3)21-12-16-7-6-8-17(11-16)24-9-4-5-10-24/h4-8,11H,9-10,12-13H2,1-3H3,(H2,20,21,22). The number of aromatic nitrogens is 1. The van der Waals surface area contributed by atoms with Crippen molar-refractivity contribution in [1.82, 2.24) is 15.6 Å². The van der Waals surface area contributed by atoms with Gasteiger partial charge in [0.05, 0.1) is 12.2 Å². The van der Waals surface area contributed by atoms with Crippen LogP contribution in [0.1, 0.15) is 22.9 Å². The fourth-order valence-electron chi connectivity index (χ4n) is 2.73. The molecule has 0 unspecified atom stereocenters. The molecule has 0 saturated heterocycles. The molecular formula is C19H25N5O. The van der Waals surface area contributed by atoms with Gasteiger partial charge in [-0.05, 0) is 31.5 Å². The zero-order valence-electron chi connectivity index (χ0n) is 15.0. The number of hydrogen-bond acceptors (Lipinski definition) is 4. The summed E-state index contributed by atoms with van der Waals surface area (Å²) < 4.78 is 5.58. The van der Waals surface area contributed by atoms with Crippen molar-refractivity contribution in [3.05, 3.63) is 59.3 Å². The molecule has 0 radical (unpaired) electrons. The minimum absolute atomic E-state index is 0.508. The maximum Gasteiger partial charge on any atom is 0.214 e. The van der Waals surface area contributed by atoms with Gasteiger partial charge in [0.15, 0.2) is 5.96 Å². The fraction of sp³-hybridized carbons (Fsp3) is 0.368. The molecule has 1 aromatic carbocycles. The Hall–Kier alpha value is -2.76. The molecular weight excluding hydrogens is 314 g/mol. The van der Waals surface area contributed by atoms with Gasteiger partial charge in [0.25, 0.3) is 0 Å². The molecule has 0 spiro atoms. The largest absolute Gasteiger partial charge is 0.444 e. The van der Waals surface area contributed by atoms with Gasteiger partial charge in [-0.1, -0.05) is 24.3 Å². The first-order valence-electron chi connectivity index (χ1n) is 8.52. The molecule has 25 heavy (non-hydrogen) atoms. The highest BCUT2D eigenvalue weighted by molar-refractivity contribution is 5.79. The third-order valence-corrected chi connectivity index (χ3v) is 4.26. The summed E-state index contributed by atoms with van der Waals surface area (Å²) in [4.78, 5) is 11.0. The lowest BCUT2D eigenvalue weighted by atomic mass is 10.2. The molecule has 3 rings (SSSR count). The number of nitrogens with one attached hydrogen (secondary N) is 2. The van der Waals surface area contributed by atoms with Crippen molar-refractivity contribution in [1.29, 1.82) is 0 Å². The average Bonchev–Trinajstić information content (AvgIpc) is 3.26. The zero-order chi connectivity index (χ0) is 17.6. The van der Waals surface area contributed by atoms with Gasteiger partial charge in [-0.2, -0.15) is 0 Å². The summed E-state index contributed by atoms with van der Waals surface area (Å²) in [5, 5.41) is 6.56. The molecule has 0 bridgehead atoms. The molecule has 6 heteroatoms. The summed E-state index contributed by atoms with van der Waals surface area (Å²) in [6.45, 7) is 7.04. The molecule has 6 nitrogen and oxygen atoms in total. The van der Waals surface area contributed by atoms with Gasteiger partial charge in [-0.15, -0.1) is 0 Å². The number of anilines is 1. The van der Waals surface area contributed by atoms with Crippen molar-refractivity contribution < 1.29 is 4.42 Å². The maximum atomic E-state index is 5.58. The molecule has 0 atom stereocenters. The smallest absolute Gasteiger partial charge is 0.214 e. The van der Waals surface area contributed by atoms with Crippen molar-refractivity contribution in [2.45, 2.75) is 26.9 Å². The fourth-order valence-corrected chi connectivity index (χ4v) is 2.73.